The van der Waals surface area contributed by atoms with Crippen molar-refractivity contribution in [1.29, 1.82) is 0 Å². The molecule has 1 aromatic carbocycles. The van der Waals surface area contributed by atoms with Crippen LogP contribution in [0.5, 0.6) is 11.5 Å². The zero-order chi connectivity index (χ0) is 14.8. The molecule has 0 amide bonds. The van der Waals surface area contributed by atoms with Crippen LogP contribution < -0.4 is 9.47 Å². The van der Waals surface area contributed by atoms with Gasteiger partial charge in [-0.2, -0.15) is 0 Å². The Hall–Kier alpha value is -2.50. The summed E-state index contributed by atoms with van der Waals surface area (Å²) in [6.07, 6.45) is 1.33. The average Bonchev–Trinajstić information content (AvgIpc) is 2.91. The molecular formula is C15H15NO5. The number of benzene rings is 1. The molecule has 21 heavy (non-hydrogen) atoms. The van der Waals surface area contributed by atoms with Crippen LogP contribution in [-0.4, -0.2) is 29.4 Å². The van der Waals surface area contributed by atoms with Crippen molar-refractivity contribution in [2.75, 3.05) is 13.2 Å². The standard InChI is InChI=1S/C15H15NO5/c1-2-3-11-13(15(17)18)14(16-21-11)9-4-5-10-12(8-9)20-7-6-19-10/h4-5,8H,2-3,6-7H2,1H3,(H,17,18). The number of carboxylic acid groups (broad SMARTS) is 1. The molecule has 1 aliphatic heterocycles. The number of rotatable bonds is 4. The molecule has 110 valence electrons. The van der Waals surface area contributed by atoms with Crippen LogP contribution in [0.2, 0.25) is 0 Å². The molecule has 0 unspecified atom stereocenters. The second-order valence-corrected chi connectivity index (χ2v) is 4.74. The lowest BCUT2D eigenvalue weighted by atomic mass is 10.0. The number of carboxylic acids is 1. The highest BCUT2D eigenvalue weighted by Crippen LogP contribution is 2.36. The first-order chi connectivity index (χ1) is 10.2. The van der Waals surface area contributed by atoms with Gasteiger partial charge in [0, 0.05) is 12.0 Å². The topological polar surface area (TPSA) is 81.8 Å². The summed E-state index contributed by atoms with van der Waals surface area (Å²) in [6.45, 7) is 2.94. The van der Waals surface area contributed by atoms with Crippen LogP contribution in [0.15, 0.2) is 22.7 Å². The van der Waals surface area contributed by atoms with Crippen LogP contribution >= 0.6 is 0 Å². The molecule has 1 N–H and O–H groups in total. The van der Waals surface area contributed by atoms with Crippen molar-refractivity contribution in [3.05, 3.63) is 29.5 Å². The van der Waals surface area contributed by atoms with E-state index in [-0.39, 0.29) is 5.56 Å². The minimum atomic E-state index is -1.04. The first kappa shape index (κ1) is 13.5. The van der Waals surface area contributed by atoms with Gasteiger partial charge in [-0.1, -0.05) is 12.1 Å². The lowest BCUT2D eigenvalue weighted by Gasteiger charge is -2.18. The van der Waals surface area contributed by atoms with E-state index < -0.39 is 5.97 Å². The second kappa shape index (κ2) is 5.47. The molecule has 6 heteroatoms. The van der Waals surface area contributed by atoms with E-state index in [0.717, 1.165) is 6.42 Å². The van der Waals surface area contributed by atoms with E-state index in [1.807, 2.05) is 6.92 Å². The normalized spacial score (nSPS) is 13.2. The van der Waals surface area contributed by atoms with Crippen LogP contribution in [0.25, 0.3) is 11.3 Å². The summed E-state index contributed by atoms with van der Waals surface area (Å²) < 4.78 is 16.2. The van der Waals surface area contributed by atoms with Gasteiger partial charge in [-0.25, -0.2) is 4.79 Å². The molecule has 1 aliphatic rings. The number of fused-ring (bicyclic) bond motifs is 1. The maximum atomic E-state index is 11.5. The lowest BCUT2D eigenvalue weighted by molar-refractivity contribution is 0.0695. The van der Waals surface area contributed by atoms with Gasteiger partial charge in [-0.15, -0.1) is 0 Å². The Bertz CT molecular complexity index is 677. The van der Waals surface area contributed by atoms with E-state index in [1.54, 1.807) is 18.2 Å². The van der Waals surface area contributed by atoms with E-state index in [4.69, 9.17) is 14.0 Å². The number of hydrogen-bond acceptors (Lipinski definition) is 5. The SMILES string of the molecule is CCCc1onc(-c2ccc3c(c2)OCCO3)c1C(=O)O. The van der Waals surface area contributed by atoms with Crippen molar-refractivity contribution in [3.8, 4) is 22.8 Å². The number of carbonyl (C=O) groups is 1. The van der Waals surface area contributed by atoms with Crippen LogP contribution in [0.3, 0.4) is 0 Å². The third-order valence-electron chi connectivity index (χ3n) is 3.27. The maximum Gasteiger partial charge on any atom is 0.341 e. The van der Waals surface area contributed by atoms with E-state index in [9.17, 15) is 9.90 Å². The van der Waals surface area contributed by atoms with Crippen molar-refractivity contribution >= 4 is 5.97 Å². The minimum absolute atomic E-state index is 0.119. The highest BCUT2D eigenvalue weighted by molar-refractivity contribution is 5.96. The molecule has 3 rings (SSSR count). The zero-order valence-electron chi connectivity index (χ0n) is 11.6. The predicted molar refractivity (Wildman–Crippen MR) is 73.9 cm³/mol. The smallest absolute Gasteiger partial charge is 0.341 e. The summed E-state index contributed by atoms with van der Waals surface area (Å²) in [6, 6.07) is 5.24. The Balaban J connectivity index is 2.06. The van der Waals surface area contributed by atoms with Crippen LogP contribution in [0, 0.1) is 0 Å². The van der Waals surface area contributed by atoms with E-state index in [2.05, 4.69) is 5.16 Å². The summed E-state index contributed by atoms with van der Waals surface area (Å²) >= 11 is 0. The van der Waals surface area contributed by atoms with Crippen molar-refractivity contribution in [2.45, 2.75) is 19.8 Å². The molecule has 0 saturated heterocycles. The number of hydrogen-bond donors (Lipinski definition) is 1. The number of nitrogens with zero attached hydrogens (tertiary/aromatic N) is 1. The minimum Gasteiger partial charge on any atom is -0.486 e. The average molecular weight is 289 g/mol. The Morgan fingerprint density at radius 1 is 1.29 bits per heavy atom. The quantitative estimate of drug-likeness (QED) is 0.932. The molecule has 0 bridgehead atoms. The second-order valence-electron chi connectivity index (χ2n) is 4.74. The molecule has 2 aromatic rings. The van der Waals surface area contributed by atoms with Gasteiger partial charge >= 0.3 is 5.97 Å². The lowest BCUT2D eigenvalue weighted by Crippen LogP contribution is -2.15. The van der Waals surface area contributed by atoms with Crippen LogP contribution in [0.1, 0.15) is 29.5 Å². The summed E-state index contributed by atoms with van der Waals surface area (Å²) in [7, 11) is 0. The van der Waals surface area contributed by atoms with Gasteiger partial charge in [-0.3, -0.25) is 0 Å². The van der Waals surface area contributed by atoms with Gasteiger partial charge in [0.1, 0.15) is 24.5 Å². The molecule has 0 aliphatic carbocycles. The Labute approximate surface area is 121 Å². The fourth-order valence-corrected chi connectivity index (χ4v) is 2.33. The number of aromatic nitrogens is 1. The molecule has 0 atom stereocenters. The molecule has 6 nitrogen and oxygen atoms in total. The summed E-state index contributed by atoms with van der Waals surface area (Å²) in [4.78, 5) is 11.5. The Morgan fingerprint density at radius 3 is 2.76 bits per heavy atom. The Kier molecular flexibility index (Phi) is 3.51. The fourth-order valence-electron chi connectivity index (χ4n) is 2.33. The van der Waals surface area contributed by atoms with Crippen molar-refractivity contribution in [1.82, 2.24) is 5.16 Å². The molecule has 0 fully saturated rings. The number of ether oxygens (including phenoxy) is 2. The highest BCUT2D eigenvalue weighted by Gasteiger charge is 2.24. The van der Waals surface area contributed by atoms with Crippen LogP contribution in [-0.2, 0) is 6.42 Å². The van der Waals surface area contributed by atoms with Gasteiger partial charge in [0.25, 0.3) is 0 Å². The van der Waals surface area contributed by atoms with Crippen molar-refractivity contribution in [2.24, 2.45) is 0 Å². The third kappa shape index (κ3) is 2.44. The van der Waals surface area contributed by atoms with Gasteiger partial charge in [0.15, 0.2) is 17.3 Å². The summed E-state index contributed by atoms with van der Waals surface area (Å²) in [5.74, 6) is 0.605. The van der Waals surface area contributed by atoms with E-state index >= 15 is 0 Å². The van der Waals surface area contributed by atoms with Crippen molar-refractivity contribution in [3.63, 3.8) is 0 Å². The predicted octanol–water partition coefficient (Wildman–Crippen LogP) is 2.76. The largest absolute Gasteiger partial charge is 0.486 e. The molecule has 0 saturated carbocycles. The number of aryl methyl sites for hydroxylation is 1. The first-order valence-corrected chi connectivity index (χ1v) is 6.82. The monoisotopic (exact) mass is 289 g/mol. The van der Waals surface area contributed by atoms with Crippen LogP contribution in [0.4, 0.5) is 0 Å². The molecular weight excluding hydrogens is 274 g/mol. The van der Waals surface area contributed by atoms with E-state index in [0.29, 0.717) is 48.2 Å². The Morgan fingerprint density at radius 2 is 2.05 bits per heavy atom. The molecule has 0 radical (unpaired) electrons. The van der Waals surface area contributed by atoms with Gasteiger partial charge in [0.2, 0.25) is 0 Å². The van der Waals surface area contributed by atoms with E-state index in [1.165, 1.54) is 0 Å². The fraction of sp³-hybridized carbons (Fsp3) is 0.333. The van der Waals surface area contributed by atoms with Gasteiger partial charge in [0.05, 0.1) is 0 Å². The number of aromatic carboxylic acids is 1. The maximum absolute atomic E-state index is 11.5. The zero-order valence-corrected chi connectivity index (χ0v) is 11.6. The molecule has 2 heterocycles. The van der Waals surface area contributed by atoms with Gasteiger partial charge < -0.3 is 19.1 Å². The summed E-state index contributed by atoms with van der Waals surface area (Å²) in [5, 5.41) is 13.3. The third-order valence-corrected chi connectivity index (χ3v) is 3.27. The highest BCUT2D eigenvalue weighted by atomic mass is 16.6. The van der Waals surface area contributed by atoms with Gasteiger partial charge in [-0.05, 0) is 24.6 Å². The molecule has 0 spiro atoms. The summed E-state index contributed by atoms with van der Waals surface area (Å²) in [5.41, 5.74) is 1.08. The van der Waals surface area contributed by atoms with Crippen molar-refractivity contribution < 1.29 is 23.9 Å². The molecule has 1 aromatic heterocycles. The first-order valence-electron chi connectivity index (χ1n) is 6.82.